The van der Waals surface area contributed by atoms with Crippen molar-refractivity contribution in [1.29, 1.82) is 0 Å². The Hall–Kier alpha value is -1.22. The summed E-state index contributed by atoms with van der Waals surface area (Å²) in [5.74, 6) is 3.46. The molecule has 0 bridgehead atoms. The van der Waals surface area contributed by atoms with Crippen LogP contribution in [0.25, 0.3) is 0 Å². The molecule has 0 saturated carbocycles. The molecule has 1 N–H and O–H groups in total. The summed E-state index contributed by atoms with van der Waals surface area (Å²) < 4.78 is 10.8. The average Bonchev–Trinajstić information content (AvgIpc) is 2.45. The summed E-state index contributed by atoms with van der Waals surface area (Å²) in [4.78, 5) is 0. The van der Waals surface area contributed by atoms with Gasteiger partial charge in [0.1, 0.15) is 11.5 Å². The van der Waals surface area contributed by atoms with Gasteiger partial charge >= 0.3 is 0 Å². The molecule has 0 spiro atoms. The number of benzene rings is 1. The first-order chi connectivity index (χ1) is 9.49. The lowest BCUT2D eigenvalue weighted by atomic mass is 9.88. The van der Waals surface area contributed by atoms with Gasteiger partial charge in [-0.05, 0) is 49.0 Å². The zero-order chi connectivity index (χ0) is 15.1. The van der Waals surface area contributed by atoms with E-state index in [1.165, 1.54) is 5.56 Å². The maximum absolute atomic E-state index is 5.48. The van der Waals surface area contributed by atoms with E-state index in [1.54, 1.807) is 14.2 Å². The Kier molecular flexibility index (Phi) is 6.86. The summed E-state index contributed by atoms with van der Waals surface area (Å²) in [5.41, 5.74) is 1.21. The maximum atomic E-state index is 5.48. The second-order valence-corrected chi connectivity index (χ2v) is 5.93. The summed E-state index contributed by atoms with van der Waals surface area (Å²) in [7, 11) is 3.42. The van der Waals surface area contributed by atoms with Crippen LogP contribution in [-0.2, 0) is 0 Å². The zero-order valence-corrected chi connectivity index (χ0v) is 13.7. The van der Waals surface area contributed by atoms with Gasteiger partial charge in [-0.25, -0.2) is 0 Å². The van der Waals surface area contributed by atoms with E-state index < -0.39 is 0 Å². The maximum Gasteiger partial charge on any atom is 0.122 e. The van der Waals surface area contributed by atoms with Gasteiger partial charge in [0.2, 0.25) is 0 Å². The molecule has 0 fully saturated rings. The summed E-state index contributed by atoms with van der Waals surface area (Å²) in [6.07, 6.45) is 0. The summed E-state index contributed by atoms with van der Waals surface area (Å²) in [6.45, 7) is 11.1. The number of rotatable bonds is 8. The molecule has 0 aliphatic carbocycles. The van der Waals surface area contributed by atoms with E-state index in [0.717, 1.165) is 24.6 Å². The molecule has 20 heavy (non-hydrogen) atoms. The van der Waals surface area contributed by atoms with E-state index in [9.17, 15) is 0 Å². The highest BCUT2D eigenvalue weighted by molar-refractivity contribution is 5.42. The SMILES string of the molecule is COc1ccc(OC)c(C(C)C(C)CNCC(C)C)c1. The zero-order valence-electron chi connectivity index (χ0n) is 13.7. The Morgan fingerprint density at radius 3 is 2.25 bits per heavy atom. The first-order valence-electron chi connectivity index (χ1n) is 7.42. The molecule has 114 valence electrons. The van der Waals surface area contributed by atoms with Crippen molar-refractivity contribution >= 4 is 0 Å². The van der Waals surface area contributed by atoms with Crippen molar-refractivity contribution in [3.05, 3.63) is 23.8 Å². The van der Waals surface area contributed by atoms with E-state index in [1.807, 2.05) is 12.1 Å². The number of nitrogens with one attached hydrogen (secondary N) is 1. The number of ether oxygens (including phenoxy) is 2. The van der Waals surface area contributed by atoms with Crippen molar-refractivity contribution in [2.75, 3.05) is 27.3 Å². The molecular formula is C17H29NO2. The minimum Gasteiger partial charge on any atom is -0.497 e. The fraction of sp³-hybridized carbons (Fsp3) is 0.647. The topological polar surface area (TPSA) is 30.5 Å². The van der Waals surface area contributed by atoms with Gasteiger partial charge in [0.25, 0.3) is 0 Å². The third kappa shape index (κ3) is 4.71. The molecule has 0 aliphatic heterocycles. The average molecular weight is 279 g/mol. The minimum absolute atomic E-state index is 0.416. The van der Waals surface area contributed by atoms with Crippen molar-refractivity contribution < 1.29 is 9.47 Å². The van der Waals surface area contributed by atoms with Gasteiger partial charge in [-0.1, -0.05) is 27.7 Å². The molecule has 1 aromatic carbocycles. The van der Waals surface area contributed by atoms with Crippen molar-refractivity contribution in [2.24, 2.45) is 11.8 Å². The molecule has 1 aromatic rings. The van der Waals surface area contributed by atoms with Gasteiger partial charge in [-0.15, -0.1) is 0 Å². The molecule has 0 aromatic heterocycles. The van der Waals surface area contributed by atoms with Gasteiger partial charge in [-0.3, -0.25) is 0 Å². The number of methoxy groups -OCH3 is 2. The van der Waals surface area contributed by atoms with Crippen molar-refractivity contribution in [2.45, 2.75) is 33.6 Å². The molecule has 2 unspecified atom stereocenters. The van der Waals surface area contributed by atoms with Gasteiger partial charge in [-0.2, -0.15) is 0 Å². The highest BCUT2D eigenvalue weighted by Gasteiger charge is 2.18. The first kappa shape index (κ1) is 16.8. The van der Waals surface area contributed by atoms with Crippen LogP contribution in [-0.4, -0.2) is 27.3 Å². The van der Waals surface area contributed by atoms with Crippen LogP contribution in [0.5, 0.6) is 11.5 Å². The predicted molar refractivity (Wildman–Crippen MR) is 84.8 cm³/mol. The second-order valence-electron chi connectivity index (χ2n) is 5.93. The number of hydrogen-bond donors (Lipinski definition) is 1. The van der Waals surface area contributed by atoms with Crippen LogP contribution in [0.15, 0.2) is 18.2 Å². The molecular weight excluding hydrogens is 250 g/mol. The molecule has 0 saturated heterocycles. The van der Waals surface area contributed by atoms with Crippen molar-refractivity contribution in [3.63, 3.8) is 0 Å². The van der Waals surface area contributed by atoms with Crippen molar-refractivity contribution in [3.8, 4) is 11.5 Å². The normalized spacial score (nSPS) is 14.2. The molecule has 0 heterocycles. The summed E-state index contributed by atoms with van der Waals surface area (Å²) >= 11 is 0. The third-order valence-corrected chi connectivity index (χ3v) is 3.80. The van der Waals surface area contributed by atoms with E-state index in [-0.39, 0.29) is 0 Å². The molecule has 2 atom stereocenters. The predicted octanol–water partition coefficient (Wildman–Crippen LogP) is 3.69. The van der Waals surface area contributed by atoms with Crippen LogP contribution in [0.4, 0.5) is 0 Å². The molecule has 3 heteroatoms. The van der Waals surface area contributed by atoms with Crippen LogP contribution in [0.3, 0.4) is 0 Å². The fourth-order valence-electron chi connectivity index (χ4n) is 2.28. The largest absolute Gasteiger partial charge is 0.497 e. The van der Waals surface area contributed by atoms with Crippen LogP contribution in [0.2, 0.25) is 0 Å². The lowest BCUT2D eigenvalue weighted by Gasteiger charge is -2.23. The van der Waals surface area contributed by atoms with E-state index >= 15 is 0 Å². The third-order valence-electron chi connectivity index (χ3n) is 3.80. The van der Waals surface area contributed by atoms with Crippen LogP contribution >= 0.6 is 0 Å². The first-order valence-corrected chi connectivity index (χ1v) is 7.42. The summed E-state index contributed by atoms with van der Waals surface area (Å²) in [5, 5.41) is 3.53. The monoisotopic (exact) mass is 279 g/mol. The Bertz CT molecular complexity index is 404. The van der Waals surface area contributed by atoms with E-state index in [2.05, 4.69) is 39.1 Å². The quantitative estimate of drug-likeness (QED) is 0.787. The fourth-order valence-corrected chi connectivity index (χ4v) is 2.28. The van der Waals surface area contributed by atoms with Gasteiger partial charge < -0.3 is 14.8 Å². The lowest BCUT2D eigenvalue weighted by molar-refractivity contribution is 0.379. The molecule has 0 amide bonds. The second kappa shape index (κ2) is 8.15. The van der Waals surface area contributed by atoms with Crippen LogP contribution in [0.1, 0.15) is 39.2 Å². The Morgan fingerprint density at radius 2 is 1.70 bits per heavy atom. The van der Waals surface area contributed by atoms with Gasteiger partial charge in [0, 0.05) is 5.56 Å². The molecule has 3 nitrogen and oxygen atoms in total. The van der Waals surface area contributed by atoms with Gasteiger partial charge in [0.05, 0.1) is 14.2 Å². The Balaban J connectivity index is 2.76. The van der Waals surface area contributed by atoms with Crippen LogP contribution in [0, 0.1) is 11.8 Å². The van der Waals surface area contributed by atoms with E-state index in [0.29, 0.717) is 17.8 Å². The lowest BCUT2D eigenvalue weighted by Crippen LogP contribution is -2.27. The molecule has 1 rings (SSSR count). The van der Waals surface area contributed by atoms with Crippen molar-refractivity contribution in [1.82, 2.24) is 5.32 Å². The van der Waals surface area contributed by atoms with Gasteiger partial charge in [0.15, 0.2) is 0 Å². The minimum atomic E-state index is 0.416. The summed E-state index contributed by atoms with van der Waals surface area (Å²) in [6, 6.07) is 6.01. The highest BCUT2D eigenvalue weighted by atomic mass is 16.5. The van der Waals surface area contributed by atoms with E-state index in [4.69, 9.17) is 9.47 Å². The smallest absolute Gasteiger partial charge is 0.122 e. The Labute approximate surface area is 123 Å². The number of hydrogen-bond acceptors (Lipinski definition) is 3. The highest BCUT2D eigenvalue weighted by Crippen LogP contribution is 2.34. The molecule has 0 aliphatic rings. The molecule has 0 radical (unpaired) electrons. The van der Waals surface area contributed by atoms with Crippen LogP contribution < -0.4 is 14.8 Å². The standard InChI is InChI=1S/C17H29NO2/c1-12(2)10-18-11-13(3)14(4)16-9-15(19-5)7-8-17(16)20-6/h7-9,12-14,18H,10-11H2,1-6H3. The Morgan fingerprint density at radius 1 is 1.00 bits per heavy atom.